The van der Waals surface area contributed by atoms with Crippen LogP contribution in [-0.4, -0.2) is 19.5 Å². The van der Waals surface area contributed by atoms with Gasteiger partial charge in [-0.25, -0.2) is 0 Å². The number of anilines is 1. The first-order chi connectivity index (χ1) is 8.63. The van der Waals surface area contributed by atoms with Crippen LogP contribution < -0.4 is 10.6 Å². The van der Waals surface area contributed by atoms with Crippen molar-refractivity contribution in [1.29, 1.82) is 0 Å². The molecule has 0 bridgehead atoms. The van der Waals surface area contributed by atoms with Gasteiger partial charge in [0.2, 0.25) is 5.91 Å². The normalized spacial score (nSPS) is 12.2. The third-order valence-electron chi connectivity index (χ3n) is 3.32. The summed E-state index contributed by atoms with van der Waals surface area (Å²) in [5.41, 5.74) is 7.87. The van der Waals surface area contributed by atoms with E-state index in [9.17, 15) is 4.79 Å². The maximum absolute atomic E-state index is 12.2. The molecular formula is C15H24N2O. The van der Waals surface area contributed by atoms with Crippen molar-refractivity contribution in [2.75, 3.05) is 18.5 Å². The second-order valence-corrected chi connectivity index (χ2v) is 4.65. The Labute approximate surface area is 110 Å². The summed E-state index contributed by atoms with van der Waals surface area (Å²) in [6, 6.07) is 8.19. The van der Waals surface area contributed by atoms with Gasteiger partial charge >= 0.3 is 0 Å². The molecule has 1 aromatic rings. The number of rotatable bonds is 6. The lowest BCUT2D eigenvalue weighted by Gasteiger charge is -2.22. The van der Waals surface area contributed by atoms with Crippen LogP contribution in [0.1, 0.15) is 32.3 Å². The van der Waals surface area contributed by atoms with E-state index in [-0.39, 0.29) is 11.8 Å². The van der Waals surface area contributed by atoms with Crippen LogP contribution in [0.15, 0.2) is 24.3 Å². The van der Waals surface area contributed by atoms with Crippen LogP contribution in [0.3, 0.4) is 0 Å². The molecule has 0 saturated heterocycles. The fourth-order valence-corrected chi connectivity index (χ4v) is 2.02. The molecule has 0 fully saturated rings. The molecule has 3 nitrogen and oxygen atoms in total. The standard InChI is InChI=1S/C15H24N2O/c1-4-6-12-7-9-14(10-8-12)17(3)15(18)13(5-2)11-16/h7-10,13H,4-6,11,16H2,1-3H3. The summed E-state index contributed by atoms with van der Waals surface area (Å²) in [7, 11) is 1.81. The van der Waals surface area contributed by atoms with Gasteiger partial charge < -0.3 is 10.6 Å². The SMILES string of the molecule is CCCc1ccc(N(C)C(=O)C(CC)CN)cc1. The van der Waals surface area contributed by atoms with Gasteiger partial charge in [0.25, 0.3) is 0 Å². The lowest BCUT2D eigenvalue weighted by atomic mass is 10.0. The van der Waals surface area contributed by atoms with Gasteiger partial charge in [-0.15, -0.1) is 0 Å². The van der Waals surface area contributed by atoms with Crippen LogP contribution >= 0.6 is 0 Å². The molecule has 0 aliphatic heterocycles. The zero-order chi connectivity index (χ0) is 13.5. The van der Waals surface area contributed by atoms with E-state index in [1.807, 2.05) is 26.1 Å². The van der Waals surface area contributed by atoms with Crippen molar-refractivity contribution in [3.05, 3.63) is 29.8 Å². The van der Waals surface area contributed by atoms with Crippen LogP contribution in [-0.2, 0) is 11.2 Å². The fourth-order valence-electron chi connectivity index (χ4n) is 2.02. The minimum Gasteiger partial charge on any atom is -0.330 e. The molecule has 1 amide bonds. The molecule has 0 saturated carbocycles. The van der Waals surface area contributed by atoms with E-state index < -0.39 is 0 Å². The monoisotopic (exact) mass is 248 g/mol. The number of carbonyl (C=O) groups excluding carboxylic acids is 1. The van der Waals surface area contributed by atoms with E-state index in [0.717, 1.165) is 24.9 Å². The molecule has 0 radical (unpaired) electrons. The van der Waals surface area contributed by atoms with Crippen LogP contribution in [0.2, 0.25) is 0 Å². The van der Waals surface area contributed by atoms with Crippen LogP contribution in [0.25, 0.3) is 0 Å². The second kappa shape index (κ2) is 7.17. The third-order valence-corrected chi connectivity index (χ3v) is 3.32. The molecule has 100 valence electrons. The summed E-state index contributed by atoms with van der Waals surface area (Å²) >= 11 is 0. The number of hydrogen-bond donors (Lipinski definition) is 1. The maximum Gasteiger partial charge on any atom is 0.231 e. The van der Waals surface area contributed by atoms with Crippen molar-refractivity contribution < 1.29 is 4.79 Å². The van der Waals surface area contributed by atoms with Gasteiger partial charge in [-0.3, -0.25) is 4.79 Å². The quantitative estimate of drug-likeness (QED) is 0.841. The average molecular weight is 248 g/mol. The topological polar surface area (TPSA) is 46.3 Å². The molecule has 1 rings (SSSR count). The number of aryl methyl sites for hydroxylation is 1. The van der Waals surface area contributed by atoms with Gasteiger partial charge in [-0.05, 0) is 30.5 Å². The molecular weight excluding hydrogens is 224 g/mol. The summed E-state index contributed by atoms with van der Waals surface area (Å²) < 4.78 is 0. The van der Waals surface area contributed by atoms with Crippen molar-refractivity contribution in [2.24, 2.45) is 11.7 Å². The zero-order valence-electron chi connectivity index (χ0n) is 11.6. The molecule has 0 aliphatic carbocycles. The van der Waals surface area contributed by atoms with Crippen LogP contribution in [0.4, 0.5) is 5.69 Å². The predicted molar refractivity (Wildman–Crippen MR) is 76.7 cm³/mol. The Balaban J connectivity index is 2.77. The minimum absolute atomic E-state index is 0.0784. The van der Waals surface area contributed by atoms with Crippen molar-refractivity contribution in [3.63, 3.8) is 0 Å². The molecule has 1 aromatic carbocycles. The Morgan fingerprint density at radius 2 is 1.89 bits per heavy atom. The van der Waals surface area contributed by atoms with E-state index in [0.29, 0.717) is 6.54 Å². The highest BCUT2D eigenvalue weighted by atomic mass is 16.2. The Kier molecular flexibility index (Phi) is 5.86. The van der Waals surface area contributed by atoms with E-state index in [1.54, 1.807) is 4.90 Å². The molecule has 18 heavy (non-hydrogen) atoms. The smallest absolute Gasteiger partial charge is 0.231 e. The second-order valence-electron chi connectivity index (χ2n) is 4.65. The first-order valence-corrected chi connectivity index (χ1v) is 6.70. The van der Waals surface area contributed by atoms with Gasteiger partial charge in [-0.1, -0.05) is 32.4 Å². The largest absolute Gasteiger partial charge is 0.330 e. The Morgan fingerprint density at radius 3 is 2.33 bits per heavy atom. The van der Waals surface area contributed by atoms with Gasteiger partial charge in [0.15, 0.2) is 0 Å². The van der Waals surface area contributed by atoms with Gasteiger partial charge in [0, 0.05) is 19.3 Å². The van der Waals surface area contributed by atoms with Gasteiger partial charge in [0.1, 0.15) is 0 Å². The number of carbonyl (C=O) groups is 1. The number of amides is 1. The molecule has 1 unspecified atom stereocenters. The first-order valence-electron chi connectivity index (χ1n) is 6.70. The van der Waals surface area contributed by atoms with Crippen LogP contribution in [0.5, 0.6) is 0 Å². The minimum atomic E-state index is -0.0784. The number of hydrogen-bond acceptors (Lipinski definition) is 2. The predicted octanol–water partition coefficient (Wildman–Crippen LogP) is 2.59. The summed E-state index contributed by atoms with van der Waals surface area (Å²) in [6.07, 6.45) is 3.01. The van der Waals surface area contributed by atoms with Crippen molar-refractivity contribution in [2.45, 2.75) is 33.1 Å². The Hall–Kier alpha value is -1.35. The molecule has 3 heteroatoms. The molecule has 1 atom stereocenters. The van der Waals surface area contributed by atoms with Gasteiger partial charge in [0.05, 0.1) is 5.92 Å². The third kappa shape index (κ3) is 3.57. The molecule has 2 N–H and O–H groups in total. The summed E-state index contributed by atoms with van der Waals surface area (Å²) in [4.78, 5) is 13.9. The summed E-state index contributed by atoms with van der Waals surface area (Å²) in [5, 5.41) is 0. The fraction of sp³-hybridized carbons (Fsp3) is 0.533. The van der Waals surface area contributed by atoms with Crippen molar-refractivity contribution in [3.8, 4) is 0 Å². The molecule has 0 heterocycles. The summed E-state index contributed by atoms with van der Waals surface area (Å²) in [5.74, 6) is 0.0218. The first kappa shape index (κ1) is 14.7. The number of benzene rings is 1. The molecule has 0 aliphatic rings. The van der Waals surface area contributed by atoms with E-state index in [2.05, 4.69) is 19.1 Å². The van der Waals surface area contributed by atoms with Crippen LogP contribution in [0, 0.1) is 5.92 Å². The molecule has 0 spiro atoms. The number of nitrogens with two attached hydrogens (primary N) is 1. The van der Waals surface area contributed by atoms with E-state index in [4.69, 9.17) is 5.73 Å². The summed E-state index contributed by atoms with van der Waals surface area (Å²) in [6.45, 7) is 4.57. The Bertz CT molecular complexity index is 369. The lowest BCUT2D eigenvalue weighted by Crippen LogP contribution is -2.36. The maximum atomic E-state index is 12.2. The Morgan fingerprint density at radius 1 is 1.28 bits per heavy atom. The van der Waals surface area contributed by atoms with Crippen molar-refractivity contribution >= 4 is 11.6 Å². The highest BCUT2D eigenvalue weighted by molar-refractivity contribution is 5.94. The lowest BCUT2D eigenvalue weighted by molar-refractivity contribution is -0.121. The highest BCUT2D eigenvalue weighted by Crippen LogP contribution is 2.17. The van der Waals surface area contributed by atoms with Gasteiger partial charge in [-0.2, -0.15) is 0 Å². The zero-order valence-corrected chi connectivity index (χ0v) is 11.6. The highest BCUT2D eigenvalue weighted by Gasteiger charge is 2.19. The molecule has 0 aromatic heterocycles. The number of nitrogens with zero attached hydrogens (tertiary/aromatic N) is 1. The average Bonchev–Trinajstić information content (AvgIpc) is 2.40. The van der Waals surface area contributed by atoms with Crippen molar-refractivity contribution in [1.82, 2.24) is 0 Å². The van der Waals surface area contributed by atoms with E-state index >= 15 is 0 Å². The van der Waals surface area contributed by atoms with E-state index in [1.165, 1.54) is 5.56 Å².